The molecule has 0 aliphatic carbocycles. The largest absolute Gasteiger partial charge is 0.394 e. The molecule has 0 aliphatic heterocycles. The molecule has 0 radical (unpaired) electrons. The summed E-state index contributed by atoms with van der Waals surface area (Å²) in [5, 5.41) is 59.8. The fourth-order valence-electron chi connectivity index (χ4n) is 2.21. The Bertz CT molecular complexity index is 485. The van der Waals surface area contributed by atoms with Crippen LogP contribution in [0.2, 0.25) is 0 Å². The van der Waals surface area contributed by atoms with E-state index in [1.54, 1.807) is 0 Å². The van der Waals surface area contributed by atoms with Gasteiger partial charge in [-0.05, 0) is 19.3 Å². The average Bonchev–Trinajstić information content (AvgIpc) is 2.60. The number of hydrogen-bond acceptors (Lipinski definition) is 9. The minimum absolute atomic E-state index is 0.0728. The molecular formula is C16H29N3O6. The highest BCUT2D eigenvalue weighted by Crippen LogP contribution is 2.17. The first kappa shape index (κ1) is 21.8. The van der Waals surface area contributed by atoms with Gasteiger partial charge in [0.1, 0.15) is 18.3 Å². The Morgan fingerprint density at radius 3 is 2.40 bits per heavy atom. The lowest BCUT2D eigenvalue weighted by Crippen LogP contribution is -2.45. The quantitative estimate of drug-likeness (QED) is 0.175. The Labute approximate surface area is 147 Å². The molecule has 0 aliphatic rings. The van der Waals surface area contributed by atoms with Crippen LogP contribution in [0.5, 0.6) is 0 Å². The Hall–Kier alpha value is -1.20. The van der Waals surface area contributed by atoms with Crippen LogP contribution in [0, 0.1) is 0 Å². The van der Waals surface area contributed by atoms with Gasteiger partial charge in [-0.2, -0.15) is 0 Å². The number of aliphatic hydroxyl groups is 6. The number of hydrogen-bond donors (Lipinski definition) is 7. The van der Waals surface area contributed by atoms with E-state index < -0.39 is 30.8 Å². The van der Waals surface area contributed by atoms with Gasteiger partial charge in [0.05, 0.1) is 24.2 Å². The molecule has 0 aromatic carbocycles. The van der Waals surface area contributed by atoms with Crippen LogP contribution in [0.4, 0.5) is 0 Å². The van der Waals surface area contributed by atoms with Crippen LogP contribution in [0.25, 0.3) is 0 Å². The monoisotopic (exact) mass is 359 g/mol. The lowest BCUT2D eigenvalue weighted by Gasteiger charge is -2.23. The van der Waals surface area contributed by atoms with Gasteiger partial charge in [-0.15, -0.1) is 0 Å². The molecule has 3 unspecified atom stereocenters. The molecular weight excluding hydrogens is 330 g/mol. The van der Waals surface area contributed by atoms with E-state index in [2.05, 4.69) is 15.3 Å². The zero-order chi connectivity index (χ0) is 18.9. The third kappa shape index (κ3) is 7.70. The summed E-state index contributed by atoms with van der Waals surface area (Å²) in [4.78, 5) is 8.09. The predicted molar refractivity (Wildman–Crippen MR) is 89.1 cm³/mol. The summed E-state index contributed by atoms with van der Waals surface area (Å²) < 4.78 is 0. The summed E-state index contributed by atoms with van der Waals surface area (Å²) >= 11 is 0. The lowest BCUT2D eigenvalue weighted by molar-refractivity contribution is -0.190. The van der Waals surface area contributed by atoms with E-state index in [4.69, 9.17) is 5.11 Å². The topological polar surface area (TPSA) is 159 Å². The van der Waals surface area contributed by atoms with Crippen molar-refractivity contribution in [3.05, 3.63) is 23.8 Å². The van der Waals surface area contributed by atoms with E-state index in [1.807, 2.05) is 6.92 Å². The number of unbranched alkanes of at least 4 members (excludes halogenated alkanes) is 1. The Morgan fingerprint density at radius 1 is 1.12 bits per heavy atom. The van der Waals surface area contributed by atoms with Crippen molar-refractivity contribution in [2.75, 3.05) is 13.2 Å². The van der Waals surface area contributed by atoms with Gasteiger partial charge in [-0.25, -0.2) is 0 Å². The Balaban J connectivity index is 2.46. The van der Waals surface area contributed by atoms with Crippen LogP contribution >= 0.6 is 0 Å². The van der Waals surface area contributed by atoms with Gasteiger partial charge >= 0.3 is 0 Å². The van der Waals surface area contributed by atoms with Gasteiger partial charge in [0.25, 0.3) is 0 Å². The third-order valence-corrected chi connectivity index (χ3v) is 3.83. The second-order valence-electron chi connectivity index (χ2n) is 6.07. The summed E-state index contributed by atoms with van der Waals surface area (Å²) in [6.45, 7) is 1.86. The molecule has 1 aromatic rings. The first-order valence-corrected chi connectivity index (χ1v) is 8.46. The average molecular weight is 359 g/mol. The zero-order valence-corrected chi connectivity index (χ0v) is 14.4. The minimum Gasteiger partial charge on any atom is -0.394 e. The number of nitrogens with zero attached hydrogens (tertiary/aromatic N) is 2. The maximum absolute atomic E-state index is 9.87. The van der Waals surface area contributed by atoms with E-state index in [1.165, 1.54) is 12.4 Å². The molecule has 1 heterocycles. The molecule has 3 atom stereocenters. The fraction of sp³-hybridized carbons (Fsp3) is 0.750. The van der Waals surface area contributed by atoms with Crippen LogP contribution in [0.15, 0.2) is 12.4 Å². The van der Waals surface area contributed by atoms with Gasteiger partial charge in [-0.1, -0.05) is 13.3 Å². The lowest BCUT2D eigenvalue weighted by atomic mass is 10.1. The maximum atomic E-state index is 9.87. The normalized spacial score (nSPS) is 15.8. The van der Waals surface area contributed by atoms with Crippen molar-refractivity contribution >= 4 is 0 Å². The molecule has 0 fully saturated rings. The molecule has 0 amide bonds. The number of aromatic nitrogens is 2. The van der Waals surface area contributed by atoms with Crippen molar-refractivity contribution < 1.29 is 30.6 Å². The molecule has 0 saturated carbocycles. The number of rotatable bonds is 12. The van der Waals surface area contributed by atoms with Gasteiger partial charge in [-0.3, -0.25) is 15.3 Å². The molecule has 25 heavy (non-hydrogen) atoms. The van der Waals surface area contributed by atoms with Crippen LogP contribution < -0.4 is 5.32 Å². The molecule has 1 rings (SSSR count). The van der Waals surface area contributed by atoms with Crippen LogP contribution in [0.3, 0.4) is 0 Å². The molecule has 9 nitrogen and oxygen atoms in total. The molecule has 9 heteroatoms. The number of aliphatic hydroxyl groups excluding tert-OH is 4. The first-order chi connectivity index (χ1) is 11.8. The van der Waals surface area contributed by atoms with Crippen LogP contribution in [-0.2, 0) is 6.42 Å². The van der Waals surface area contributed by atoms with Crippen LogP contribution in [0.1, 0.15) is 50.1 Å². The summed E-state index contributed by atoms with van der Waals surface area (Å²) in [5.74, 6) is -1.91. The van der Waals surface area contributed by atoms with Gasteiger partial charge in [0.2, 0.25) is 5.91 Å². The highest BCUT2D eigenvalue weighted by molar-refractivity contribution is 5.07. The molecule has 1 aromatic heterocycles. The SMILES string of the molecule is CCCCNC(O)(O)CCCc1cnc(C(O)C(O)C(O)CO)cn1. The summed E-state index contributed by atoms with van der Waals surface area (Å²) in [5.41, 5.74) is 0.668. The second-order valence-corrected chi connectivity index (χ2v) is 6.07. The van der Waals surface area contributed by atoms with E-state index in [9.17, 15) is 25.5 Å². The Morgan fingerprint density at radius 2 is 1.84 bits per heavy atom. The third-order valence-electron chi connectivity index (χ3n) is 3.83. The fourth-order valence-corrected chi connectivity index (χ4v) is 2.21. The highest BCUT2D eigenvalue weighted by Gasteiger charge is 2.26. The van der Waals surface area contributed by atoms with E-state index >= 15 is 0 Å². The van der Waals surface area contributed by atoms with Crippen molar-refractivity contribution in [3.63, 3.8) is 0 Å². The standard InChI is InChI=1S/C16H29N3O6/c1-2-3-7-19-16(24,25)6-4-5-11-8-18-12(9-17-11)14(22)15(23)13(21)10-20/h8-9,13-15,19-25H,2-7,10H2,1H3. The molecule has 0 spiro atoms. The van der Waals surface area contributed by atoms with E-state index in [-0.39, 0.29) is 12.1 Å². The first-order valence-electron chi connectivity index (χ1n) is 8.46. The van der Waals surface area contributed by atoms with Crippen LogP contribution in [-0.4, -0.2) is 71.9 Å². The molecule has 0 bridgehead atoms. The molecule has 7 N–H and O–H groups in total. The maximum Gasteiger partial charge on any atom is 0.222 e. The summed E-state index contributed by atoms with van der Waals surface area (Å²) in [7, 11) is 0. The highest BCUT2D eigenvalue weighted by atomic mass is 16.5. The van der Waals surface area contributed by atoms with Gasteiger partial charge in [0.15, 0.2) is 0 Å². The van der Waals surface area contributed by atoms with Crippen molar-refractivity contribution in [1.82, 2.24) is 15.3 Å². The smallest absolute Gasteiger partial charge is 0.222 e. The van der Waals surface area contributed by atoms with Gasteiger partial charge in [0, 0.05) is 19.2 Å². The molecule has 144 valence electrons. The van der Waals surface area contributed by atoms with Crippen molar-refractivity contribution in [1.29, 1.82) is 0 Å². The summed E-state index contributed by atoms with van der Waals surface area (Å²) in [6.07, 6.45) is 1.06. The van der Waals surface area contributed by atoms with E-state index in [0.29, 0.717) is 25.1 Å². The predicted octanol–water partition coefficient (Wildman–Crippen LogP) is -1.43. The van der Waals surface area contributed by atoms with Crippen molar-refractivity contribution in [2.45, 2.75) is 63.3 Å². The number of aryl methyl sites for hydroxylation is 1. The summed E-state index contributed by atoms with van der Waals surface area (Å²) in [6, 6.07) is 0. The minimum atomic E-state index is -1.91. The van der Waals surface area contributed by atoms with Crippen molar-refractivity contribution in [2.24, 2.45) is 0 Å². The van der Waals surface area contributed by atoms with Crippen molar-refractivity contribution in [3.8, 4) is 0 Å². The zero-order valence-electron chi connectivity index (χ0n) is 14.4. The molecule has 0 saturated heterocycles. The van der Waals surface area contributed by atoms with Gasteiger partial charge < -0.3 is 30.6 Å². The Kier molecular flexibility index (Phi) is 9.36. The number of nitrogens with one attached hydrogen (secondary N) is 1. The van der Waals surface area contributed by atoms with E-state index in [0.717, 1.165) is 12.8 Å². The second kappa shape index (κ2) is 10.7.